The van der Waals surface area contributed by atoms with E-state index in [-0.39, 0.29) is 5.82 Å². The van der Waals surface area contributed by atoms with Crippen LogP contribution in [0.25, 0.3) is 0 Å². The Kier molecular flexibility index (Phi) is 3.99. The summed E-state index contributed by atoms with van der Waals surface area (Å²) < 4.78 is 13.4. The molecule has 1 aromatic heterocycles. The molecule has 4 nitrogen and oxygen atoms in total. The average Bonchev–Trinajstić information content (AvgIpc) is 2.37. The molecule has 3 N–H and O–H groups in total. The first-order valence-corrected chi connectivity index (χ1v) is 6.57. The summed E-state index contributed by atoms with van der Waals surface area (Å²) in [5, 5.41) is 3.62. The molecule has 2 rings (SSSR count). The van der Waals surface area contributed by atoms with Gasteiger partial charge in [-0.2, -0.15) is 0 Å². The van der Waals surface area contributed by atoms with E-state index in [2.05, 4.69) is 15.3 Å². The van der Waals surface area contributed by atoms with Crippen molar-refractivity contribution in [3.8, 4) is 0 Å². The molecule has 0 atom stereocenters. The standard InChI is InChI=1S/C12H13FN4S/c1-18-12-16-10(14)6-11(17-12)15-7-8-4-2-3-5-9(8)13/h2-6H,7H2,1H3,(H3,14,15,16,17). The summed E-state index contributed by atoms with van der Waals surface area (Å²) in [4.78, 5) is 8.28. The first-order valence-electron chi connectivity index (χ1n) is 5.35. The quantitative estimate of drug-likeness (QED) is 0.656. The van der Waals surface area contributed by atoms with Crippen molar-refractivity contribution in [3.63, 3.8) is 0 Å². The van der Waals surface area contributed by atoms with Crippen LogP contribution in [0, 0.1) is 5.82 Å². The second-order valence-corrected chi connectivity index (χ2v) is 4.38. The summed E-state index contributed by atoms with van der Waals surface area (Å²) in [5.41, 5.74) is 6.24. The fourth-order valence-electron chi connectivity index (χ4n) is 1.45. The first kappa shape index (κ1) is 12.6. The fraction of sp³-hybridized carbons (Fsp3) is 0.167. The zero-order valence-electron chi connectivity index (χ0n) is 9.85. The molecule has 0 saturated carbocycles. The van der Waals surface area contributed by atoms with Gasteiger partial charge in [0.15, 0.2) is 5.16 Å². The maximum Gasteiger partial charge on any atom is 0.191 e. The van der Waals surface area contributed by atoms with E-state index in [1.54, 1.807) is 24.3 Å². The molecule has 0 aliphatic heterocycles. The lowest BCUT2D eigenvalue weighted by atomic mass is 10.2. The van der Waals surface area contributed by atoms with Crippen molar-refractivity contribution in [3.05, 3.63) is 41.7 Å². The highest BCUT2D eigenvalue weighted by Crippen LogP contribution is 2.16. The number of nitrogen functional groups attached to an aromatic ring is 1. The maximum absolute atomic E-state index is 13.4. The number of hydrogen-bond acceptors (Lipinski definition) is 5. The molecular weight excluding hydrogens is 251 g/mol. The molecule has 0 bridgehead atoms. The van der Waals surface area contributed by atoms with Gasteiger partial charge in [-0.25, -0.2) is 14.4 Å². The molecule has 0 unspecified atom stereocenters. The highest BCUT2D eigenvalue weighted by Gasteiger charge is 2.03. The molecule has 1 aromatic carbocycles. The number of benzene rings is 1. The lowest BCUT2D eigenvalue weighted by Crippen LogP contribution is -2.05. The average molecular weight is 264 g/mol. The van der Waals surface area contributed by atoms with Gasteiger partial charge in [0.05, 0.1) is 0 Å². The van der Waals surface area contributed by atoms with Crippen molar-refractivity contribution in [2.75, 3.05) is 17.3 Å². The number of nitrogens with two attached hydrogens (primary N) is 1. The lowest BCUT2D eigenvalue weighted by Gasteiger charge is -2.08. The second-order valence-electron chi connectivity index (χ2n) is 3.61. The number of anilines is 2. The van der Waals surface area contributed by atoms with Crippen LogP contribution < -0.4 is 11.1 Å². The number of aromatic nitrogens is 2. The van der Waals surface area contributed by atoms with Crippen LogP contribution in [0.5, 0.6) is 0 Å². The summed E-state index contributed by atoms with van der Waals surface area (Å²) in [5.74, 6) is 0.748. The lowest BCUT2D eigenvalue weighted by molar-refractivity contribution is 0.613. The Morgan fingerprint density at radius 3 is 2.83 bits per heavy atom. The maximum atomic E-state index is 13.4. The molecule has 0 radical (unpaired) electrons. The summed E-state index contributed by atoms with van der Waals surface area (Å²) in [6.45, 7) is 0.358. The van der Waals surface area contributed by atoms with Gasteiger partial charge in [0.2, 0.25) is 0 Å². The molecule has 0 aliphatic carbocycles. The first-order chi connectivity index (χ1) is 8.69. The van der Waals surface area contributed by atoms with Crippen LogP contribution in [0.3, 0.4) is 0 Å². The van der Waals surface area contributed by atoms with Crippen molar-refractivity contribution in [1.29, 1.82) is 0 Å². The van der Waals surface area contributed by atoms with Gasteiger partial charge in [-0.15, -0.1) is 0 Å². The molecule has 1 heterocycles. The minimum absolute atomic E-state index is 0.239. The molecule has 94 valence electrons. The van der Waals surface area contributed by atoms with Gasteiger partial charge < -0.3 is 11.1 Å². The smallest absolute Gasteiger partial charge is 0.191 e. The largest absolute Gasteiger partial charge is 0.383 e. The molecule has 0 amide bonds. The third-order valence-corrected chi connectivity index (χ3v) is 2.87. The molecule has 0 aliphatic rings. The zero-order chi connectivity index (χ0) is 13.0. The third kappa shape index (κ3) is 3.10. The van der Waals surface area contributed by atoms with Crippen LogP contribution in [-0.2, 0) is 6.54 Å². The highest BCUT2D eigenvalue weighted by atomic mass is 32.2. The van der Waals surface area contributed by atoms with Gasteiger partial charge in [0.25, 0.3) is 0 Å². The predicted octanol–water partition coefficient (Wildman–Crippen LogP) is 2.53. The molecule has 0 saturated heterocycles. The van der Waals surface area contributed by atoms with Crippen LogP contribution in [0.2, 0.25) is 0 Å². The van der Waals surface area contributed by atoms with Crippen molar-refractivity contribution in [2.24, 2.45) is 0 Å². The van der Waals surface area contributed by atoms with Gasteiger partial charge in [0, 0.05) is 18.2 Å². The SMILES string of the molecule is CSc1nc(N)cc(NCc2ccccc2F)n1. The van der Waals surface area contributed by atoms with E-state index in [9.17, 15) is 4.39 Å². The number of halogens is 1. The number of nitrogens with one attached hydrogen (secondary N) is 1. The Morgan fingerprint density at radius 1 is 1.33 bits per heavy atom. The number of thioether (sulfide) groups is 1. The molecule has 0 spiro atoms. The van der Waals surface area contributed by atoms with E-state index in [1.807, 2.05) is 6.26 Å². The van der Waals surface area contributed by atoms with Crippen molar-refractivity contribution >= 4 is 23.4 Å². The van der Waals surface area contributed by atoms with Gasteiger partial charge in [-0.05, 0) is 12.3 Å². The van der Waals surface area contributed by atoms with Gasteiger partial charge in [-0.1, -0.05) is 30.0 Å². The minimum atomic E-state index is -0.239. The summed E-state index contributed by atoms with van der Waals surface area (Å²) >= 11 is 1.41. The van der Waals surface area contributed by atoms with E-state index in [0.717, 1.165) is 0 Å². The number of rotatable bonds is 4. The van der Waals surface area contributed by atoms with Crippen LogP contribution in [-0.4, -0.2) is 16.2 Å². The Balaban J connectivity index is 2.11. The Bertz CT molecular complexity index is 547. The van der Waals surface area contributed by atoms with E-state index in [1.165, 1.54) is 17.8 Å². The molecule has 18 heavy (non-hydrogen) atoms. The Labute approximate surface area is 109 Å². The topological polar surface area (TPSA) is 63.8 Å². The summed E-state index contributed by atoms with van der Waals surface area (Å²) in [7, 11) is 0. The van der Waals surface area contributed by atoms with Crippen LogP contribution >= 0.6 is 11.8 Å². The Hall–Kier alpha value is -1.82. The second kappa shape index (κ2) is 5.68. The summed E-state index contributed by atoms with van der Waals surface area (Å²) in [6.07, 6.45) is 1.87. The molecule has 0 fully saturated rings. The van der Waals surface area contributed by atoms with E-state index in [0.29, 0.717) is 28.9 Å². The minimum Gasteiger partial charge on any atom is -0.383 e. The Morgan fingerprint density at radius 2 is 2.11 bits per heavy atom. The zero-order valence-corrected chi connectivity index (χ0v) is 10.7. The van der Waals surface area contributed by atoms with Crippen LogP contribution in [0.15, 0.2) is 35.5 Å². The van der Waals surface area contributed by atoms with Gasteiger partial charge in [-0.3, -0.25) is 0 Å². The van der Waals surface area contributed by atoms with Gasteiger partial charge in [0.1, 0.15) is 17.5 Å². The number of nitrogens with zero attached hydrogens (tertiary/aromatic N) is 2. The van der Waals surface area contributed by atoms with Crippen molar-refractivity contribution < 1.29 is 4.39 Å². The molecule has 2 aromatic rings. The predicted molar refractivity (Wildman–Crippen MR) is 72.0 cm³/mol. The number of hydrogen-bond donors (Lipinski definition) is 2. The van der Waals surface area contributed by atoms with E-state index < -0.39 is 0 Å². The fourth-order valence-corrected chi connectivity index (χ4v) is 1.84. The van der Waals surface area contributed by atoms with Crippen molar-refractivity contribution in [2.45, 2.75) is 11.7 Å². The van der Waals surface area contributed by atoms with Crippen molar-refractivity contribution in [1.82, 2.24) is 9.97 Å². The van der Waals surface area contributed by atoms with E-state index in [4.69, 9.17) is 5.73 Å². The third-order valence-electron chi connectivity index (χ3n) is 2.33. The molecule has 6 heteroatoms. The van der Waals surface area contributed by atoms with Crippen LogP contribution in [0.4, 0.5) is 16.0 Å². The normalized spacial score (nSPS) is 10.3. The van der Waals surface area contributed by atoms with Crippen LogP contribution in [0.1, 0.15) is 5.56 Å². The summed E-state index contributed by atoms with van der Waals surface area (Å²) in [6, 6.07) is 8.23. The highest BCUT2D eigenvalue weighted by molar-refractivity contribution is 7.98. The molecular formula is C12H13FN4S. The monoisotopic (exact) mass is 264 g/mol. The van der Waals surface area contributed by atoms with Gasteiger partial charge >= 0.3 is 0 Å². The van der Waals surface area contributed by atoms with E-state index >= 15 is 0 Å².